The molecule has 1 fully saturated rings. The van der Waals surface area contributed by atoms with E-state index in [4.69, 9.17) is 4.74 Å². The fraction of sp³-hybridized carbons (Fsp3) is 0.222. The topological polar surface area (TPSA) is 54.3 Å². The Morgan fingerprint density at radius 2 is 1.34 bits per heavy atom. The Kier molecular flexibility index (Phi) is 7.08. The highest BCUT2D eigenvalue weighted by molar-refractivity contribution is 6.13. The molecular weight excluding hydrogens is 398 g/mol. The summed E-state index contributed by atoms with van der Waals surface area (Å²) >= 11 is 0. The standard InChI is InChI=1S/C27H27N3O2/c1-21(22-14-16-25(17-15-22)32-20-26(31)30-18-8-9-19-30)28-29-27(23-10-4-2-5-11-23)24-12-6-3-7-13-24/h2-7,10-17H,8-9,18-20H2,1H3/b28-21-. The molecule has 4 rings (SSSR count). The number of likely N-dealkylation sites (tertiary alicyclic amines) is 1. The van der Waals surface area contributed by atoms with Gasteiger partial charge in [-0.25, -0.2) is 0 Å². The number of carbonyl (C=O) groups excluding carboxylic acids is 1. The molecule has 1 saturated heterocycles. The minimum absolute atomic E-state index is 0.0491. The Morgan fingerprint density at radius 3 is 1.91 bits per heavy atom. The molecular formula is C27H27N3O2. The van der Waals surface area contributed by atoms with Crippen LogP contribution in [0.3, 0.4) is 0 Å². The van der Waals surface area contributed by atoms with Gasteiger partial charge in [-0.15, -0.1) is 5.10 Å². The second-order valence-corrected chi connectivity index (χ2v) is 7.77. The van der Waals surface area contributed by atoms with Gasteiger partial charge in [0.2, 0.25) is 0 Å². The van der Waals surface area contributed by atoms with Crippen LogP contribution >= 0.6 is 0 Å². The summed E-state index contributed by atoms with van der Waals surface area (Å²) in [4.78, 5) is 14.0. The summed E-state index contributed by atoms with van der Waals surface area (Å²) < 4.78 is 5.67. The molecule has 0 N–H and O–H groups in total. The third kappa shape index (κ3) is 5.49. The summed E-state index contributed by atoms with van der Waals surface area (Å²) in [6, 6.07) is 27.7. The Morgan fingerprint density at radius 1 is 0.781 bits per heavy atom. The van der Waals surface area contributed by atoms with Gasteiger partial charge in [0.1, 0.15) is 11.5 Å². The molecule has 0 bridgehead atoms. The summed E-state index contributed by atoms with van der Waals surface area (Å²) in [7, 11) is 0. The first-order chi connectivity index (χ1) is 15.7. The van der Waals surface area contributed by atoms with Gasteiger partial charge in [0, 0.05) is 24.2 Å². The van der Waals surface area contributed by atoms with Crippen molar-refractivity contribution in [3.8, 4) is 5.75 Å². The number of hydrogen-bond acceptors (Lipinski definition) is 4. The SMILES string of the molecule is C/C(=N/N=C(c1ccccc1)c1ccccc1)c1ccc(OCC(=O)N2CCCC2)cc1. The van der Waals surface area contributed by atoms with Crippen molar-refractivity contribution in [2.24, 2.45) is 10.2 Å². The minimum atomic E-state index is 0.0491. The summed E-state index contributed by atoms with van der Waals surface area (Å²) in [5.74, 6) is 0.722. The minimum Gasteiger partial charge on any atom is -0.484 e. The van der Waals surface area contributed by atoms with Crippen molar-refractivity contribution in [1.29, 1.82) is 0 Å². The zero-order valence-corrected chi connectivity index (χ0v) is 18.3. The molecule has 3 aromatic rings. The van der Waals surface area contributed by atoms with Crippen molar-refractivity contribution in [2.45, 2.75) is 19.8 Å². The Labute approximate surface area is 189 Å². The van der Waals surface area contributed by atoms with Crippen LogP contribution in [-0.4, -0.2) is 41.9 Å². The van der Waals surface area contributed by atoms with Crippen LogP contribution in [0.15, 0.2) is 95.1 Å². The smallest absolute Gasteiger partial charge is 0.260 e. The molecule has 162 valence electrons. The second kappa shape index (κ2) is 10.5. The lowest BCUT2D eigenvalue weighted by Crippen LogP contribution is -2.32. The maximum absolute atomic E-state index is 12.1. The number of amides is 1. The Bertz CT molecular complexity index is 1040. The largest absolute Gasteiger partial charge is 0.484 e. The van der Waals surface area contributed by atoms with Gasteiger partial charge in [0.25, 0.3) is 5.91 Å². The molecule has 1 heterocycles. The highest BCUT2D eigenvalue weighted by Crippen LogP contribution is 2.15. The van der Waals surface area contributed by atoms with Crippen molar-refractivity contribution in [2.75, 3.05) is 19.7 Å². The predicted molar refractivity (Wildman–Crippen MR) is 128 cm³/mol. The van der Waals surface area contributed by atoms with Gasteiger partial charge < -0.3 is 9.64 Å². The highest BCUT2D eigenvalue weighted by atomic mass is 16.5. The van der Waals surface area contributed by atoms with Gasteiger partial charge in [-0.3, -0.25) is 4.79 Å². The fourth-order valence-corrected chi connectivity index (χ4v) is 3.65. The fourth-order valence-electron chi connectivity index (χ4n) is 3.65. The van der Waals surface area contributed by atoms with Gasteiger partial charge in [-0.2, -0.15) is 5.10 Å². The van der Waals surface area contributed by atoms with Crippen molar-refractivity contribution in [3.05, 3.63) is 102 Å². The lowest BCUT2D eigenvalue weighted by molar-refractivity contribution is -0.132. The van der Waals surface area contributed by atoms with Gasteiger partial charge in [0.15, 0.2) is 6.61 Å². The Balaban J connectivity index is 1.47. The van der Waals surface area contributed by atoms with Crippen LogP contribution in [0.25, 0.3) is 0 Å². The molecule has 32 heavy (non-hydrogen) atoms. The number of ether oxygens (including phenoxy) is 1. The van der Waals surface area contributed by atoms with E-state index in [0.29, 0.717) is 5.75 Å². The molecule has 5 nitrogen and oxygen atoms in total. The maximum Gasteiger partial charge on any atom is 0.260 e. The van der Waals surface area contributed by atoms with E-state index in [9.17, 15) is 4.79 Å². The average Bonchev–Trinajstić information content (AvgIpc) is 3.39. The van der Waals surface area contributed by atoms with E-state index < -0.39 is 0 Å². The van der Waals surface area contributed by atoms with Crippen LogP contribution in [0.2, 0.25) is 0 Å². The first-order valence-corrected chi connectivity index (χ1v) is 10.9. The van der Waals surface area contributed by atoms with E-state index in [1.54, 1.807) is 0 Å². The summed E-state index contributed by atoms with van der Waals surface area (Å²) in [6.07, 6.45) is 2.16. The average molecular weight is 426 g/mol. The molecule has 0 saturated carbocycles. The van der Waals surface area contributed by atoms with Crippen LogP contribution in [0.5, 0.6) is 5.75 Å². The zero-order chi connectivity index (χ0) is 22.2. The van der Waals surface area contributed by atoms with E-state index in [2.05, 4.69) is 10.2 Å². The predicted octanol–water partition coefficient (Wildman–Crippen LogP) is 4.95. The summed E-state index contributed by atoms with van der Waals surface area (Å²) in [5.41, 5.74) is 4.61. The third-order valence-electron chi connectivity index (χ3n) is 5.49. The lowest BCUT2D eigenvalue weighted by atomic mass is 10.0. The maximum atomic E-state index is 12.1. The monoisotopic (exact) mass is 425 g/mol. The molecule has 1 amide bonds. The third-order valence-corrected chi connectivity index (χ3v) is 5.49. The molecule has 0 spiro atoms. The number of benzene rings is 3. The molecule has 0 aromatic heterocycles. The zero-order valence-electron chi connectivity index (χ0n) is 18.3. The van der Waals surface area contributed by atoms with Crippen molar-refractivity contribution in [3.63, 3.8) is 0 Å². The van der Waals surface area contributed by atoms with Crippen molar-refractivity contribution >= 4 is 17.3 Å². The lowest BCUT2D eigenvalue weighted by Gasteiger charge is -2.15. The van der Waals surface area contributed by atoms with E-state index in [1.807, 2.05) is 96.8 Å². The molecule has 1 aliphatic rings. The first kappa shape index (κ1) is 21.5. The van der Waals surface area contributed by atoms with Crippen LogP contribution in [0.1, 0.15) is 36.5 Å². The summed E-state index contributed by atoms with van der Waals surface area (Å²) in [5, 5.41) is 9.10. The molecule has 0 aliphatic carbocycles. The van der Waals surface area contributed by atoms with Crippen LogP contribution < -0.4 is 4.74 Å². The van der Waals surface area contributed by atoms with Crippen LogP contribution in [-0.2, 0) is 4.79 Å². The first-order valence-electron chi connectivity index (χ1n) is 10.9. The molecule has 0 radical (unpaired) electrons. The molecule has 3 aromatic carbocycles. The quantitative estimate of drug-likeness (QED) is 0.397. The van der Waals surface area contributed by atoms with Gasteiger partial charge in [-0.1, -0.05) is 60.7 Å². The van der Waals surface area contributed by atoms with Gasteiger partial charge >= 0.3 is 0 Å². The molecule has 0 unspecified atom stereocenters. The highest BCUT2D eigenvalue weighted by Gasteiger charge is 2.18. The molecule has 5 heteroatoms. The van der Waals surface area contributed by atoms with Crippen molar-refractivity contribution in [1.82, 2.24) is 4.90 Å². The van der Waals surface area contributed by atoms with Gasteiger partial charge in [0.05, 0.1) is 5.71 Å². The van der Waals surface area contributed by atoms with E-state index in [-0.39, 0.29) is 12.5 Å². The van der Waals surface area contributed by atoms with Crippen molar-refractivity contribution < 1.29 is 9.53 Å². The van der Waals surface area contributed by atoms with Crippen LogP contribution in [0.4, 0.5) is 0 Å². The number of hydrogen-bond donors (Lipinski definition) is 0. The number of carbonyl (C=O) groups is 1. The van der Waals surface area contributed by atoms with E-state index >= 15 is 0 Å². The summed E-state index contributed by atoms with van der Waals surface area (Å²) in [6.45, 7) is 3.69. The van der Waals surface area contributed by atoms with E-state index in [0.717, 1.165) is 54.0 Å². The second-order valence-electron chi connectivity index (χ2n) is 7.77. The van der Waals surface area contributed by atoms with Crippen LogP contribution in [0, 0.1) is 0 Å². The number of rotatable bonds is 7. The molecule has 1 aliphatic heterocycles. The molecule has 0 atom stereocenters. The normalized spacial score (nSPS) is 13.7. The van der Waals surface area contributed by atoms with Gasteiger partial charge in [-0.05, 0) is 49.6 Å². The number of nitrogens with zero attached hydrogens (tertiary/aromatic N) is 3. The van der Waals surface area contributed by atoms with E-state index in [1.165, 1.54) is 0 Å². The Hall–Kier alpha value is -3.73.